The van der Waals surface area contributed by atoms with Gasteiger partial charge in [-0.1, -0.05) is 60.2 Å². The Morgan fingerprint density at radius 1 is 1.00 bits per heavy atom. The summed E-state index contributed by atoms with van der Waals surface area (Å²) in [6, 6.07) is 16.3. The second kappa shape index (κ2) is 5.36. The van der Waals surface area contributed by atoms with Crippen molar-refractivity contribution in [3.63, 3.8) is 0 Å². The lowest BCUT2D eigenvalue weighted by molar-refractivity contribution is 1.35. The molecule has 0 saturated heterocycles. The fourth-order valence-corrected chi connectivity index (χ4v) is 2.66. The summed E-state index contributed by atoms with van der Waals surface area (Å²) in [4.78, 5) is 0. The number of hydrogen-bond acceptors (Lipinski definition) is 1. The van der Waals surface area contributed by atoms with Crippen molar-refractivity contribution >= 4 is 29.3 Å². The number of nitrogens with zero attached hydrogens (tertiary/aromatic N) is 1. The molecule has 2 heteroatoms. The molecular weight excluding hydrogens is 266 g/mol. The van der Waals surface area contributed by atoms with Gasteiger partial charge in [0, 0.05) is 5.02 Å². The maximum Gasteiger partial charge on any atom is 0.0663 e. The molecule has 0 unspecified atom stereocenters. The molecule has 0 radical (unpaired) electrons. The van der Waals surface area contributed by atoms with Crippen molar-refractivity contribution in [2.24, 2.45) is 0 Å². The summed E-state index contributed by atoms with van der Waals surface area (Å²) in [7, 11) is 0. The smallest absolute Gasteiger partial charge is 0.0663 e. The molecule has 20 heavy (non-hydrogen) atoms. The third-order valence-electron chi connectivity index (χ3n) is 3.40. The van der Waals surface area contributed by atoms with Gasteiger partial charge in [0.25, 0.3) is 0 Å². The summed E-state index contributed by atoms with van der Waals surface area (Å²) in [5.41, 5.74) is 5.57. The van der Waals surface area contributed by atoms with E-state index in [1.165, 1.54) is 0 Å². The van der Waals surface area contributed by atoms with Gasteiger partial charge in [-0.15, -0.1) is 0 Å². The second-order valence-corrected chi connectivity index (χ2v) is 5.07. The molecule has 96 valence electrons. The van der Waals surface area contributed by atoms with E-state index >= 15 is 0 Å². The third-order valence-corrected chi connectivity index (χ3v) is 3.63. The summed E-state index contributed by atoms with van der Waals surface area (Å²) in [5.74, 6) is 0. The predicted octanol–water partition coefficient (Wildman–Crippen LogP) is 5.17. The van der Waals surface area contributed by atoms with Crippen LogP contribution in [0, 0.1) is 11.3 Å². The van der Waals surface area contributed by atoms with Gasteiger partial charge in [-0.2, -0.15) is 5.26 Å². The third kappa shape index (κ3) is 2.27. The molecule has 0 aliphatic heterocycles. The zero-order valence-corrected chi connectivity index (χ0v) is 11.6. The number of rotatable bonds is 1. The van der Waals surface area contributed by atoms with Crippen molar-refractivity contribution in [3.8, 4) is 6.07 Å². The summed E-state index contributed by atoms with van der Waals surface area (Å²) in [6.07, 6.45) is 6.56. The summed E-state index contributed by atoms with van der Waals surface area (Å²) in [6.45, 7) is 0. The molecule has 0 aromatic heterocycles. The fraction of sp³-hybridized carbons (Fsp3) is 0.0556. The summed E-state index contributed by atoms with van der Waals surface area (Å²) < 4.78 is 0. The molecule has 3 rings (SSSR count). The van der Waals surface area contributed by atoms with Gasteiger partial charge in [0.2, 0.25) is 0 Å². The van der Waals surface area contributed by atoms with Gasteiger partial charge in [-0.25, -0.2) is 0 Å². The van der Waals surface area contributed by atoms with E-state index in [1.807, 2.05) is 36.4 Å². The number of fused-ring (bicyclic) bond motifs is 2. The first kappa shape index (κ1) is 12.7. The number of halogens is 1. The minimum absolute atomic E-state index is 0.385. The van der Waals surface area contributed by atoms with E-state index in [-0.39, 0.29) is 0 Å². The summed E-state index contributed by atoms with van der Waals surface area (Å²) >= 11 is 6.14. The maximum absolute atomic E-state index is 8.88. The van der Waals surface area contributed by atoms with Crippen molar-refractivity contribution in [3.05, 3.63) is 75.8 Å². The lowest BCUT2D eigenvalue weighted by Gasteiger charge is -2.11. The lowest BCUT2D eigenvalue weighted by atomic mass is 9.93. The molecule has 0 N–H and O–H groups in total. The molecule has 2 aromatic carbocycles. The van der Waals surface area contributed by atoms with Gasteiger partial charge in [0.1, 0.15) is 0 Å². The first-order valence-corrected chi connectivity index (χ1v) is 6.82. The van der Waals surface area contributed by atoms with Crippen molar-refractivity contribution in [1.82, 2.24) is 0 Å². The van der Waals surface area contributed by atoms with Crippen LogP contribution in [0.25, 0.3) is 17.7 Å². The molecule has 0 saturated carbocycles. The van der Waals surface area contributed by atoms with Gasteiger partial charge in [0.15, 0.2) is 0 Å². The van der Waals surface area contributed by atoms with Gasteiger partial charge in [-0.3, -0.25) is 0 Å². The standard InChI is InChI=1S/C18H12ClN/c19-15-10-9-14-8-7-13-4-1-2-5-16(13)17(6-3-11-20)18(14)12-15/h1-2,4-10,12H,3H2/b17-6-. The molecule has 1 nitrogen and oxygen atoms in total. The van der Waals surface area contributed by atoms with E-state index in [0.29, 0.717) is 11.4 Å². The Morgan fingerprint density at radius 3 is 2.55 bits per heavy atom. The summed E-state index contributed by atoms with van der Waals surface area (Å²) in [5, 5.41) is 9.59. The van der Waals surface area contributed by atoms with Gasteiger partial charge >= 0.3 is 0 Å². The number of nitriles is 1. The van der Waals surface area contributed by atoms with Crippen molar-refractivity contribution in [1.29, 1.82) is 5.26 Å². The van der Waals surface area contributed by atoms with Crippen LogP contribution in [0.4, 0.5) is 0 Å². The highest BCUT2D eigenvalue weighted by Crippen LogP contribution is 2.35. The zero-order chi connectivity index (χ0) is 13.9. The van der Waals surface area contributed by atoms with E-state index in [0.717, 1.165) is 27.8 Å². The van der Waals surface area contributed by atoms with Crippen LogP contribution in [0.5, 0.6) is 0 Å². The van der Waals surface area contributed by atoms with Crippen LogP contribution in [0.1, 0.15) is 28.7 Å². The lowest BCUT2D eigenvalue weighted by Crippen LogP contribution is -1.92. The van der Waals surface area contributed by atoms with Gasteiger partial charge < -0.3 is 0 Å². The van der Waals surface area contributed by atoms with Crippen molar-refractivity contribution in [2.75, 3.05) is 0 Å². The number of hydrogen-bond donors (Lipinski definition) is 0. The van der Waals surface area contributed by atoms with E-state index in [2.05, 4.69) is 30.4 Å². The van der Waals surface area contributed by atoms with Gasteiger partial charge in [0.05, 0.1) is 12.5 Å². The Kier molecular flexibility index (Phi) is 3.41. The molecule has 0 spiro atoms. The maximum atomic E-state index is 8.88. The van der Waals surface area contributed by atoms with E-state index in [4.69, 9.17) is 16.9 Å². The number of allylic oxidation sites excluding steroid dienone is 1. The molecule has 0 bridgehead atoms. The van der Waals surface area contributed by atoms with Crippen LogP contribution in [-0.2, 0) is 0 Å². The first-order valence-electron chi connectivity index (χ1n) is 6.44. The van der Waals surface area contributed by atoms with Crippen LogP contribution in [0.3, 0.4) is 0 Å². The van der Waals surface area contributed by atoms with E-state index in [1.54, 1.807) is 0 Å². The first-order chi connectivity index (χ1) is 9.79. The van der Waals surface area contributed by atoms with Gasteiger partial charge in [-0.05, 0) is 40.0 Å². The molecule has 1 aliphatic rings. The molecule has 2 aromatic rings. The van der Waals surface area contributed by atoms with Crippen LogP contribution in [-0.4, -0.2) is 0 Å². The van der Waals surface area contributed by atoms with E-state index in [9.17, 15) is 0 Å². The monoisotopic (exact) mass is 277 g/mol. The largest absolute Gasteiger partial charge is 0.198 e. The second-order valence-electron chi connectivity index (χ2n) is 4.63. The highest BCUT2D eigenvalue weighted by molar-refractivity contribution is 6.30. The topological polar surface area (TPSA) is 23.8 Å². The predicted molar refractivity (Wildman–Crippen MR) is 84.1 cm³/mol. The normalized spacial score (nSPS) is 14.3. The molecular formula is C18H12ClN. The molecule has 0 atom stereocenters. The zero-order valence-electron chi connectivity index (χ0n) is 10.8. The minimum atomic E-state index is 0.385. The highest BCUT2D eigenvalue weighted by Gasteiger charge is 2.14. The Balaban J connectivity index is 2.29. The Labute approximate surface area is 123 Å². The fourth-order valence-electron chi connectivity index (χ4n) is 2.49. The van der Waals surface area contributed by atoms with Crippen molar-refractivity contribution < 1.29 is 0 Å². The van der Waals surface area contributed by atoms with Crippen LogP contribution in [0.2, 0.25) is 5.02 Å². The Bertz CT molecular complexity index is 763. The number of benzene rings is 2. The van der Waals surface area contributed by atoms with Crippen LogP contribution >= 0.6 is 11.6 Å². The highest BCUT2D eigenvalue weighted by atomic mass is 35.5. The van der Waals surface area contributed by atoms with Crippen LogP contribution < -0.4 is 0 Å². The average Bonchev–Trinajstić information content (AvgIpc) is 2.62. The molecule has 1 aliphatic carbocycles. The Morgan fingerprint density at radius 2 is 1.75 bits per heavy atom. The molecule has 0 amide bonds. The average molecular weight is 278 g/mol. The SMILES string of the molecule is N#CC/C=C1/c2ccccc2C=Cc2ccc(Cl)cc21. The Hall–Kier alpha value is -2.30. The minimum Gasteiger partial charge on any atom is -0.198 e. The molecule has 0 heterocycles. The molecule has 0 fully saturated rings. The van der Waals surface area contributed by atoms with Crippen LogP contribution in [0.15, 0.2) is 48.5 Å². The quantitative estimate of drug-likeness (QED) is 0.602. The van der Waals surface area contributed by atoms with E-state index < -0.39 is 0 Å². The van der Waals surface area contributed by atoms with Crippen molar-refractivity contribution in [2.45, 2.75) is 6.42 Å².